The van der Waals surface area contributed by atoms with Gasteiger partial charge in [0.1, 0.15) is 0 Å². The molecule has 0 saturated heterocycles. The van der Waals surface area contributed by atoms with E-state index in [9.17, 15) is 4.79 Å². The Labute approximate surface area is 125 Å². The van der Waals surface area contributed by atoms with Gasteiger partial charge in [-0.05, 0) is 62.5 Å². The monoisotopic (exact) mass is 286 g/mol. The minimum Gasteiger partial charge on any atom is -0.288 e. The van der Waals surface area contributed by atoms with Crippen LogP contribution in [-0.4, -0.2) is 5.78 Å². The van der Waals surface area contributed by atoms with Gasteiger partial charge < -0.3 is 0 Å². The first-order chi connectivity index (χ1) is 9.52. The van der Waals surface area contributed by atoms with Crippen molar-refractivity contribution in [1.29, 1.82) is 0 Å². The zero-order valence-corrected chi connectivity index (χ0v) is 12.9. The lowest BCUT2D eigenvalue weighted by molar-refractivity contribution is 0.104. The van der Waals surface area contributed by atoms with Crippen LogP contribution in [0.25, 0.3) is 5.57 Å². The number of carbonyl (C=O) groups is 1. The Balaban J connectivity index is 2.32. The zero-order valence-electron chi connectivity index (χ0n) is 12.2. The van der Waals surface area contributed by atoms with E-state index in [1.54, 1.807) is 6.08 Å². The highest BCUT2D eigenvalue weighted by Crippen LogP contribution is 2.31. The number of fused-ring (bicyclic) bond motifs is 1. The van der Waals surface area contributed by atoms with E-state index in [1.165, 1.54) is 11.1 Å². The predicted octanol–water partition coefficient (Wildman–Crippen LogP) is 5.31. The molecule has 1 aliphatic carbocycles. The average molecular weight is 287 g/mol. The van der Waals surface area contributed by atoms with Crippen LogP contribution < -0.4 is 0 Å². The van der Waals surface area contributed by atoms with Gasteiger partial charge in [0.25, 0.3) is 0 Å². The van der Waals surface area contributed by atoms with E-state index in [-0.39, 0.29) is 5.78 Å². The standard InChI is InChI=1S/C18H19ClO/c1-4-14-11-17(19)18(20)16-10-13(8-9-15(14)16)7-5-6-12(2)3/h4,6,8-11H,5,7H2,1-3H3. The van der Waals surface area contributed by atoms with Crippen LogP contribution in [0.15, 0.2) is 47.0 Å². The van der Waals surface area contributed by atoms with Crippen LogP contribution in [0.4, 0.5) is 0 Å². The predicted molar refractivity (Wildman–Crippen MR) is 86.1 cm³/mol. The molecule has 0 aromatic heterocycles. The summed E-state index contributed by atoms with van der Waals surface area (Å²) < 4.78 is 0. The summed E-state index contributed by atoms with van der Waals surface area (Å²) in [6, 6.07) is 6.11. The van der Waals surface area contributed by atoms with Gasteiger partial charge in [0.15, 0.2) is 0 Å². The van der Waals surface area contributed by atoms with Crippen molar-refractivity contribution < 1.29 is 4.79 Å². The lowest BCUT2D eigenvalue weighted by atomic mass is 9.89. The van der Waals surface area contributed by atoms with E-state index in [1.807, 2.05) is 25.1 Å². The lowest BCUT2D eigenvalue weighted by Gasteiger charge is -2.16. The molecule has 0 unspecified atom stereocenters. The molecule has 0 radical (unpaired) electrons. The Morgan fingerprint density at radius 2 is 2.00 bits per heavy atom. The van der Waals surface area contributed by atoms with E-state index in [4.69, 9.17) is 11.6 Å². The highest BCUT2D eigenvalue weighted by molar-refractivity contribution is 6.47. The fourth-order valence-electron chi connectivity index (χ4n) is 2.36. The van der Waals surface area contributed by atoms with Gasteiger partial charge in [0, 0.05) is 5.56 Å². The van der Waals surface area contributed by atoms with Crippen LogP contribution in [0.2, 0.25) is 0 Å². The summed E-state index contributed by atoms with van der Waals surface area (Å²) in [7, 11) is 0. The second-order valence-corrected chi connectivity index (χ2v) is 5.67. The molecule has 0 atom stereocenters. The first-order valence-electron chi connectivity index (χ1n) is 6.87. The average Bonchev–Trinajstić information content (AvgIpc) is 2.42. The maximum atomic E-state index is 12.2. The van der Waals surface area contributed by atoms with Crippen LogP contribution in [0.3, 0.4) is 0 Å². The number of Topliss-reactive ketones (excluding diaryl/α,β-unsaturated/α-hetero) is 1. The number of ketones is 1. The highest BCUT2D eigenvalue weighted by Gasteiger charge is 2.21. The third kappa shape index (κ3) is 3.10. The Morgan fingerprint density at radius 3 is 2.65 bits per heavy atom. The molecule has 0 aliphatic heterocycles. The Bertz CT molecular complexity index is 629. The number of aryl methyl sites for hydroxylation is 1. The molecule has 0 spiro atoms. The molecule has 2 heteroatoms. The van der Waals surface area contributed by atoms with Crippen molar-refractivity contribution in [3.05, 3.63) is 63.7 Å². The van der Waals surface area contributed by atoms with Crippen LogP contribution in [-0.2, 0) is 6.42 Å². The van der Waals surface area contributed by atoms with Crippen molar-refractivity contribution in [2.24, 2.45) is 0 Å². The Morgan fingerprint density at radius 1 is 1.25 bits per heavy atom. The Kier molecular flexibility index (Phi) is 4.61. The summed E-state index contributed by atoms with van der Waals surface area (Å²) in [5, 5.41) is 0.298. The normalized spacial score (nSPS) is 15.9. The van der Waals surface area contributed by atoms with Gasteiger partial charge in [-0.25, -0.2) is 0 Å². The molecule has 20 heavy (non-hydrogen) atoms. The second-order valence-electron chi connectivity index (χ2n) is 5.27. The van der Waals surface area contributed by atoms with Gasteiger partial charge in [-0.3, -0.25) is 4.79 Å². The molecule has 1 nitrogen and oxygen atoms in total. The summed E-state index contributed by atoms with van der Waals surface area (Å²) in [5.41, 5.74) is 5.21. The summed E-state index contributed by atoms with van der Waals surface area (Å²) >= 11 is 6.03. The molecule has 0 saturated carbocycles. The topological polar surface area (TPSA) is 17.1 Å². The van der Waals surface area contributed by atoms with Crippen molar-refractivity contribution >= 4 is 23.0 Å². The molecule has 0 heterocycles. The SMILES string of the molecule is CC=C1C=C(Cl)C(=O)c2cc(CCC=C(C)C)ccc21. The first kappa shape index (κ1) is 14.8. The van der Waals surface area contributed by atoms with Crippen LogP contribution in [0, 0.1) is 0 Å². The third-order valence-electron chi connectivity index (χ3n) is 3.44. The van der Waals surface area contributed by atoms with E-state index >= 15 is 0 Å². The molecule has 0 bridgehead atoms. The number of halogens is 1. The fourth-order valence-corrected chi connectivity index (χ4v) is 2.58. The first-order valence-corrected chi connectivity index (χ1v) is 7.25. The molecular formula is C18H19ClO. The maximum Gasteiger partial charge on any atom is 0.205 e. The summed E-state index contributed by atoms with van der Waals surface area (Å²) in [5.74, 6) is -0.0728. The summed E-state index contributed by atoms with van der Waals surface area (Å²) in [4.78, 5) is 12.2. The number of hydrogen-bond donors (Lipinski definition) is 0. The maximum absolute atomic E-state index is 12.2. The molecule has 0 fully saturated rings. The summed E-state index contributed by atoms with van der Waals surface area (Å²) in [6.07, 6.45) is 7.88. The van der Waals surface area contributed by atoms with Gasteiger partial charge in [0.2, 0.25) is 5.78 Å². The molecule has 104 valence electrons. The van der Waals surface area contributed by atoms with E-state index < -0.39 is 0 Å². The van der Waals surface area contributed by atoms with Crippen LogP contribution in [0.5, 0.6) is 0 Å². The molecule has 0 N–H and O–H groups in total. The van der Waals surface area contributed by atoms with Crippen LogP contribution >= 0.6 is 11.6 Å². The van der Waals surface area contributed by atoms with Crippen molar-refractivity contribution in [2.45, 2.75) is 33.6 Å². The highest BCUT2D eigenvalue weighted by atomic mass is 35.5. The number of benzene rings is 1. The number of allylic oxidation sites excluding steroid dienone is 6. The molecule has 1 aromatic carbocycles. The molecule has 0 amide bonds. The van der Waals surface area contributed by atoms with E-state index in [0.29, 0.717) is 5.03 Å². The summed E-state index contributed by atoms with van der Waals surface area (Å²) in [6.45, 7) is 6.15. The molecule has 2 rings (SSSR count). The lowest BCUT2D eigenvalue weighted by Crippen LogP contribution is -2.09. The van der Waals surface area contributed by atoms with E-state index in [0.717, 1.165) is 29.5 Å². The number of hydrogen-bond acceptors (Lipinski definition) is 1. The van der Waals surface area contributed by atoms with Gasteiger partial charge in [-0.15, -0.1) is 0 Å². The van der Waals surface area contributed by atoms with Crippen molar-refractivity contribution in [3.8, 4) is 0 Å². The molecule has 1 aromatic rings. The van der Waals surface area contributed by atoms with Crippen molar-refractivity contribution in [3.63, 3.8) is 0 Å². The van der Waals surface area contributed by atoms with Crippen LogP contribution in [0.1, 0.15) is 48.7 Å². The van der Waals surface area contributed by atoms with Gasteiger partial charge in [0.05, 0.1) is 5.03 Å². The Hall–Kier alpha value is -1.60. The molecular weight excluding hydrogens is 268 g/mol. The van der Waals surface area contributed by atoms with E-state index in [2.05, 4.69) is 26.0 Å². The largest absolute Gasteiger partial charge is 0.288 e. The zero-order chi connectivity index (χ0) is 14.7. The van der Waals surface area contributed by atoms with Gasteiger partial charge in [-0.1, -0.05) is 41.5 Å². The van der Waals surface area contributed by atoms with Crippen molar-refractivity contribution in [1.82, 2.24) is 0 Å². The fraction of sp³-hybridized carbons (Fsp3) is 0.278. The third-order valence-corrected chi connectivity index (χ3v) is 3.72. The molecule has 1 aliphatic rings. The van der Waals surface area contributed by atoms with Crippen molar-refractivity contribution in [2.75, 3.05) is 0 Å². The minimum atomic E-state index is -0.0728. The minimum absolute atomic E-state index is 0.0728. The van der Waals surface area contributed by atoms with Gasteiger partial charge >= 0.3 is 0 Å². The van der Waals surface area contributed by atoms with Gasteiger partial charge in [-0.2, -0.15) is 0 Å². The quantitative estimate of drug-likeness (QED) is 0.688. The second kappa shape index (κ2) is 6.23. The number of rotatable bonds is 3. The smallest absolute Gasteiger partial charge is 0.205 e. The number of carbonyl (C=O) groups excluding carboxylic acids is 1.